The average Bonchev–Trinajstić information content (AvgIpc) is 2.61. The minimum Gasteiger partial charge on any atom is -0.383 e. The standard InChI is InChI=1S/C18H29N3O2.HI/c1-3-19-17(20-11-14-22-2)21-15-18(9-12-23-13-10-18)16-7-5-4-6-8-16;/h4-8H,3,9-15H2,1-2H3,(H2,19,20,21);1H. The van der Waals surface area contributed by atoms with E-state index in [0.29, 0.717) is 6.61 Å². The van der Waals surface area contributed by atoms with E-state index < -0.39 is 0 Å². The summed E-state index contributed by atoms with van der Waals surface area (Å²) < 4.78 is 10.7. The predicted molar refractivity (Wildman–Crippen MR) is 109 cm³/mol. The van der Waals surface area contributed by atoms with Gasteiger partial charge in [0.05, 0.1) is 13.2 Å². The Balaban J connectivity index is 0.00000288. The number of methoxy groups -OCH3 is 1. The first kappa shape index (κ1) is 21.2. The first-order valence-corrected chi connectivity index (χ1v) is 8.45. The molecule has 1 aliphatic heterocycles. The molecule has 136 valence electrons. The minimum atomic E-state index is 0. The Morgan fingerprint density at radius 3 is 2.54 bits per heavy atom. The maximum Gasteiger partial charge on any atom is 0.191 e. The quantitative estimate of drug-likeness (QED) is 0.292. The van der Waals surface area contributed by atoms with E-state index in [1.54, 1.807) is 7.11 Å². The van der Waals surface area contributed by atoms with Crippen molar-refractivity contribution in [3.05, 3.63) is 35.9 Å². The molecule has 2 rings (SSSR count). The number of nitrogens with one attached hydrogen (secondary N) is 2. The van der Waals surface area contributed by atoms with E-state index in [1.807, 2.05) is 0 Å². The zero-order chi connectivity index (χ0) is 16.4. The van der Waals surface area contributed by atoms with Crippen LogP contribution in [0.4, 0.5) is 0 Å². The Bertz CT molecular complexity index is 476. The number of benzene rings is 1. The van der Waals surface area contributed by atoms with Crippen molar-refractivity contribution in [3.63, 3.8) is 0 Å². The van der Waals surface area contributed by atoms with Gasteiger partial charge >= 0.3 is 0 Å². The van der Waals surface area contributed by atoms with Crippen molar-refractivity contribution in [1.29, 1.82) is 0 Å². The fraction of sp³-hybridized carbons (Fsp3) is 0.611. The van der Waals surface area contributed by atoms with Gasteiger partial charge in [0.2, 0.25) is 0 Å². The Kier molecular flexibility index (Phi) is 10.3. The molecule has 1 aliphatic rings. The molecule has 1 fully saturated rings. The molecular weight excluding hydrogens is 417 g/mol. The van der Waals surface area contributed by atoms with Crippen LogP contribution in [0.25, 0.3) is 0 Å². The van der Waals surface area contributed by atoms with Crippen molar-refractivity contribution in [1.82, 2.24) is 10.6 Å². The number of guanidine groups is 1. The molecule has 0 atom stereocenters. The zero-order valence-corrected chi connectivity index (χ0v) is 17.0. The van der Waals surface area contributed by atoms with Gasteiger partial charge < -0.3 is 20.1 Å². The molecule has 0 amide bonds. The Morgan fingerprint density at radius 2 is 1.92 bits per heavy atom. The molecule has 1 aromatic carbocycles. The van der Waals surface area contributed by atoms with Crippen molar-refractivity contribution < 1.29 is 9.47 Å². The Hall–Kier alpha value is -0.860. The van der Waals surface area contributed by atoms with E-state index in [4.69, 9.17) is 14.5 Å². The molecule has 6 heteroatoms. The fourth-order valence-electron chi connectivity index (χ4n) is 2.94. The SMILES string of the molecule is CCNC(=NCC1(c2ccccc2)CCOCC1)NCCOC.I. The van der Waals surface area contributed by atoms with Crippen LogP contribution < -0.4 is 10.6 Å². The summed E-state index contributed by atoms with van der Waals surface area (Å²) >= 11 is 0. The van der Waals surface area contributed by atoms with Gasteiger partial charge in [0.1, 0.15) is 0 Å². The van der Waals surface area contributed by atoms with E-state index in [-0.39, 0.29) is 29.4 Å². The summed E-state index contributed by atoms with van der Waals surface area (Å²) in [6, 6.07) is 10.7. The van der Waals surface area contributed by atoms with Crippen LogP contribution >= 0.6 is 24.0 Å². The average molecular weight is 447 g/mol. The van der Waals surface area contributed by atoms with Crippen LogP contribution in [-0.2, 0) is 14.9 Å². The van der Waals surface area contributed by atoms with Crippen molar-refractivity contribution >= 4 is 29.9 Å². The Morgan fingerprint density at radius 1 is 1.21 bits per heavy atom. The second-order valence-electron chi connectivity index (χ2n) is 5.87. The van der Waals surface area contributed by atoms with Crippen LogP contribution in [0.5, 0.6) is 0 Å². The molecule has 1 aromatic rings. The molecule has 2 N–H and O–H groups in total. The predicted octanol–water partition coefficient (Wildman–Crippen LogP) is 2.55. The summed E-state index contributed by atoms with van der Waals surface area (Å²) in [4.78, 5) is 4.84. The molecule has 0 spiro atoms. The summed E-state index contributed by atoms with van der Waals surface area (Å²) in [6.07, 6.45) is 2.02. The van der Waals surface area contributed by atoms with Gasteiger partial charge in [-0.1, -0.05) is 30.3 Å². The highest BCUT2D eigenvalue weighted by molar-refractivity contribution is 14.0. The summed E-state index contributed by atoms with van der Waals surface area (Å²) in [5.74, 6) is 0.853. The number of ether oxygens (including phenoxy) is 2. The van der Waals surface area contributed by atoms with Crippen LogP contribution in [0.2, 0.25) is 0 Å². The Labute approximate surface area is 162 Å². The van der Waals surface area contributed by atoms with Crippen LogP contribution in [-0.4, -0.2) is 52.5 Å². The summed E-state index contributed by atoms with van der Waals surface area (Å²) in [7, 11) is 1.71. The molecule has 5 nitrogen and oxygen atoms in total. The third kappa shape index (κ3) is 6.22. The summed E-state index contributed by atoms with van der Waals surface area (Å²) in [6.45, 7) is 6.72. The number of halogens is 1. The van der Waals surface area contributed by atoms with Gasteiger partial charge in [0, 0.05) is 38.8 Å². The molecule has 0 aromatic heterocycles. The van der Waals surface area contributed by atoms with Gasteiger partial charge in [-0.3, -0.25) is 4.99 Å². The normalized spacial score (nSPS) is 17.0. The lowest BCUT2D eigenvalue weighted by Crippen LogP contribution is -2.42. The summed E-state index contributed by atoms with van der Waals surface area (Å²) in [5, 5.41) is 6.61. The topological polar surface area (TPSA) is 54.9 Å². The molecular formula is C18H30IN3O2. The van der Waals surface area contributed by atoms with Crippen LogP contribution in [0.15, 0.2) is 35.3 Å². The second-order valence-corrected chi connectivity index (χ2v) is 5.87. The number of hydrogen-bond acceptors (Lipinski definition) is 3. The molecule has 0 unspecified atom stereocenters. The largest absolute Gasteiger partial charge is 0.383 e. The molecule has 0 bridgehead atoms. The number of rotatable bonds is 7. The van der Waals surface area contributed by atoms with Crippen molar-refractivity contribution in [3.8, 4) is 0 Å². The monoisotopic (exact) mass is 447 g/mol. The van der Waals surface area contributed by atoms with Gasteiger partial charge in [-0.05, 0) is 25.3 Å². The first-order chi connectivity index (χ1) is 11.3. The molecule has 0 saturated carbocycles. The molecule has 1 heterocycles. The fourth-order valence-corrected chi connectivity index (χ4v) is 2.94. The molecule has 1 saturated heterocycles. The highest BCUT2D eigenvalue weighted by Crippen LogP contribution is 2.35. The van der Waals surface area contributed by atoms with Gasteiger partial charge in [0.25, 0.3) is 0 Å². The van der Waals surface area contributed by atoms with Crippen molar-refractivity contribution in [2.24, 2.45) is 4.99 Å². The van der Waals surface area contributed by atoms with Crippen molar-refractivity contribution in [2.75, 3.05) is 46.6 Å². The number of nitrogens with zero attached hydrogens (tertiary/aromatic N) is 1. The van der Waals surface area contributed by atoms with Gasteiger partial charge in [-0.15, -0.1) is 24.0 Å². The van der Waals surface area contributed by atoms with Crippen molar-refractivity contribution in [2.45, 2.75) is 25.2 Å². The maximum absolute atomic E-state index is 5.58. The van der Waals surface area contributed by atoms with E-state index in [9.17, 15) is 0 Å². The third-order valence-corrected chi connectivity index (χ3v) is 4.32. The highest BCUT2D eigenvalue weighted by Gasteiger charge is 2.34. The number of aliphatic imine (C=N–C) groups is 1. The van der Waals surface area contributed by atoms with E-state index in [1.165, 1.54) is 5.56 Å². The lowest BCUT2D eigenvalue weighted by Gasteiger charge is -2.36. The molecule has 0 radical (unpaired) electrons. The lowest BCUT2D eigenvalue weighted by atomic mass is 9.74. The molecule has 24 heavy (non-hydrogen) atoms. The smallest absolute Gasteiger partial charge is 0.191 e. The van der Waals surface area contributed by atoms with Gasteiger partial charge in [-0.25, -0.2) is 0 Å². The van der Waals surface area contributed by atoms with E-state index in [2.05, 4.69) is 47.9 Å². The molecule has 0 aliphatic carbocycles. The van der Waals surface area contributed by atoms with Crippen LogP contribution in [0.1, 0.15) is 25.3 Å². The highest BCUT2D eigenvalue weighted by atomic mass is 127. The maximum atomic E-state index is 5.58. The number of hydrogen-bond donors (Lipinski definition) is 2. The second kappa shape index (κ2) is 11.7. The van der Waals surface area contributed by atoms with E-state index in [0.717, 1.165) is 51.6 Å². The van der Waals surface area contributed by atoms with Crippen LogP contribution in [0, 0.1) is 0 Å². The van der Waals surface area contributed by atoms with Gasteiger partial charge in [-0.2, -0.15) is 0 Å². The minimum absolute atomic E-state index is 0. The van der Waals surface area contributed by atoms with E-state index >= 15 is 0 Å². The zero-order valence-electron chi connectivity index (χ0n) is 14.7. The lowest BCUT2D eigenvalue weighted by molar-refractivity contribution is 0.0531. The third-order valence-electron chi connectivity index (χ3n) is 4.32. The first-order valence-electron chi connectivity index (χ1n) is 8.45. The van der Waals surface area contributed by atoms with Gasteiger partial charge in [0.15, 0.2) is 5.96 Å². The van der Waals surface area contributed by atoms with Crippen LogP contribution in [0.3, 0.4) is 0 Å². The summed E-state index contributed by atoms with van der Waals surface area (Å²) in [5.41, 5.74) is 1.43.